The second kappa shape index (κ2) is 10.6. The zero-order valence-electron chi connectivity index (χ0n) is 18.3. The number of methoxy groups -OCH3 is 1. The number of halogens is 1. The third kappa shape index (κ3) is 5.48. The third-order valence-electron chi connectivity index (χ3n) is 4.78. The fourth-order valence-electron chi connectivity index (χ4n) is 3.14. The molecule has 11 heteroatoms. The van der Waals surface area contributed by atoms with Crippen LogP contribution in [-0.2, 0) is 13.2 Å². The van der Waals surface area contributed by atoms with Crippen LogP contribution in [0, 0.1) is 6.92 Å². The Morgan fingerprint density at radius 2 is 1.97 bits per heavy atom. The van der Waals surface area contributed by atoms with E-state index >= 15 is 0 Å². The number of carbonyl (C=O) groups excluding carboxylic acids is 1. The van der Waals surface area contributed by atoms with Gasteiger partial charge in [-0.2, -0.15) is 0 Å². The molecule has 0 radical (unpaired) electrons. The average molecular weight is 498 g/mol. The summed E-state index contributed by atoms with van der Waals surface area (Å²) in [6.45, 7) is 1.88. The molecule has 3 heterocycles. The van der Waals surface area contributed by atoms with E-state index in [4.69, 9.17) is 21.1 Å². The second-order valence-electron chi connectivity index (χ2n) is 7.15. The van der Waals surface area contributed by atoms with Gasteiger partial charge in [0.25, 0.3) is 11.1 Å². The zero-order chi connectivity index (χ0) is 24.1. The van der Waals surface area contributed by atoms with Crippen LogP contribution >= 0.6 is 22.9 Å². The van der Waals surface area contributed by atoms with Crippen LogP contribution in [0.3, 0.4) is 0 Å². The van der Waals surface area contributed by atoms with Gasteiger partial charge in [-0.25, -0.2) is 0 Å². The third-order valence-corrected chi connectivity index (χ3v) is 5.76. The van der Waals surface area contributed by atoms with E-state index in [0.717, 1.165) is 17.0 Å². The Bertz CT molecular complexity index is 1310. The first-order chi connectivity index (χ1) is 16.5. The summed E-state index contributed by atoms with van der Waals surface area (Å²) in [5.74, 6) is 0.153. The van der Waals surface area contributed by atoms with E-state index in [-0.39, 0.29) is 23.5 Å². The largest absolute Gasteiger partial charge is 0.496 e. The molecule has 0 aliphatic heterocycles. The molecule has 0 unspecified atom stereocenters. The smallest absolute Gasteiger partial charge is 0.296 e. The van der Waals surface area contributed by atoms with Crippen molar-refractivity contribution in [2.45, 2.75) is 20.1 Å². The highest BCUT2D eigenvalue weighted by atomic mass is 35.5. The molecule has 0 bridgehead atoms. The molecule has 0 fully saturated rings. The maximum absolute atomic E-state index is 13.1. The van der Waals surface area contributed by atoms with Gasteiger partial charge in [0.15, 0.2) is 0 Å². The normalized spacial score (nSPS) is 10.7. The van der Waals surface area contributed by atoms with Crippen molar-refractivity contribution >= 4 is 34.0 Å². The molecule has 3 aromatic heterocycles. The monoisotopic (exact) mass is 497 g/mol. The fourth-order valence-corrected chi connectivity index (χ4v) is 3.84. The zero-order valence-corrected chi connectivity index (χ0v) is 19.9. The van der Waals surface area contributed by atoms with Crippen LogP contribution in [0.2, 0.25) is 5.02 Å². The molecular formula is C23H20ClN5O4S. The molecule has 34 heavy (non-hydrogen) atoms. The fraction of sp³-hybridized carbons (Fsp3) is 0.174. The Morgan fingerprint density at radius 3 is 2.71 bits per heavy atom. The van der Waals surface area contributed by atoms with Crippen molar-refractivity contribution in [1.29, 1.82) is 0 Å². The Balaban J connectivity index is 1.54. The lowest BCUT2D eigenvalue weighted by Gasteiger charge is -2.14. The standard InChI is InChI=1S/C23H20ClN5O4S/c1-13-7-17(18-8-14(11-30)3-6-20(18)32-2)19(10-25-13)21(31)27-22-28-29-23(34-22)33-12-16-5-4-15(24)9-26-16/h3-10,30H,11-12H2,1-2H3,(H,27,28,31). The molecule has 0 aliphatic rings. The lowest BCUT2D eigenvalue weighted by molar-refractivity contribution is 0.102. The van der Waals surface area contributed by atoms with Crippen LogP contribution in [0.1, 0.15) is 27.3 Å². The highest BCUT2D eigenvalue weighted by molar-refractivity contribution is 7.17. The minimum absolute atomic E-state index is 0.137. The number of hydrogen-bond acceptors (Lipinski definition) is 9. The summed E-state index contributed by atoms with van der Waals surface area (Å²) in [6.07, 6.45) is 3.03. The molecule has 0 aliphatic carbocycles. The van der Waals surface area contributed by atoms with Crippen molar-refractivity contribution in [1.82, 2.24) is 20.2 Å². The van der Waals surface area contributed by atoms with Crippen LogP contribution in [0.15, 0.2) is 48.8 Å². The van der Waals surface area contributed by atoms with Crippen LogP contribution < -0.4 is 14.8 Å². The van der Waals surface area contributed by atoms with E-state index in [9.17, 15) is 9.90 Å². The molecule has 1 amide bonds. The minimum atomic E-state index is -0.416. The molecular weight excluding hydrogens is 478 g/mol. The predicted molar refractivity (Wildman–Crippen MR) is 128 cm³/mol. The first-order valence-corrected chi connectivity index (χ1v) is 11.3. The molecule has 1 aromatic carbocycles. The first kappa shape index (κ1) is 23.6. The van der Waals surface area contributed by atoms with Gasteiger partial charge in [-0.15, -0.1) is 5.10 Å². The van der Waals surface area contributed by atoms with E-state index in [1.54, 1.807) is 43.5 Å². The molecule has 0 atom stereocenters. The summed E-state index contributed by atoms with van der Waals surface area (Å²) in [4.78, 5) is 21.6. The van der Waals surface area contributed by atoms with Gasteiger partial charge in [0, 0.05) is 29.2 Å². The van der Waals surface area contributed by atoms with Crippen molar-refractivity contribution in [2.24, 2.45) is 0 Å². The van der Waals surface area contributed by atoms with E-state index in [1.165, 1.54) is 12.4 Å². The number of anilines is 1. The highest BCUT2D eigenvalue weighted by Crippen LogP contribution is 2.34. The Morgan fingerprint density at radius 1 is 1.12 bits per heavy atom. The number of pyridine rings is 2. The van der Waals surface area contributed by atoms with Gasteiger partial charge < -0.3 is 14.6 Å². The molecule has 0 saturated heterocycles. The Kier molecular flexibility index (Phi) is 7.31. The number of carbonyl (C=O) groups is 1. The van der Waals surface area contributed by atoms with Crippen molar-refractivity contribution < 1.29 is 19.4 Å². The van der Waals surface area contributed by atoms with Gasteiger partial charge in [0.1, 0.15) is 12.4 Å². The average Bonchev–Trinajstić information content (AvgIpc) is 3.30. The molecule has 9 nitrogen and oxygen atoms in total. The second-order valence-corrected chi connectivity index (χ2v) is 8.52. The number of benzene rings is 1. The number of nitrogens with one attached hydrogen (secondary N) is 1. The van der Waals surface area contributed by atoms with Gasteiger partial charge >= 0.3 is 0 Å². The molecule has 4 rings (SSSR count). The quantitative estimate of drug-likeness (QED) is 0.370. The van der Waals surface area contributed by atoms with E-state index < -0.39 is 5.91 Å². The van der Waals surface area contributed by atoms with Crippen LogP contribution in [0.25, 0.3) is 11.1 Å². The molecule has 0 saturated carbocycles. The maximum atomic E-state index is 13.1. The summed E-state index contributed by atoms with van der Waals surface area (Å²) in [6, 6.07) is 10.6. The summed E-state index contributed by atoms with van der Waals surface area (Å²) >= 11 is 6.92. The number of rotatable bonds is 8. The Hall–Kier alpha value is -3.60. The van der Waals surface area contributed by atoms with Gasteiger partial charge in [-0.05, 0) is 54.2 Å². The van der Waals surface area contributed by atoms with Gasteiger partial charge in [-0.1, -0.05) is 22.8 Å². The van der Waals surface area contributed by atoms with Crippen molar-refractivity contribution in [3.63, 3.8) is 0 Å². The molecule has 4 aromatic rings. The van der Waals surface area contributed by atoms with Crippen LogP contribution in [-0.4, -0.2) is 38.3 Å². The molecule has 174 valence electrons. The molecule has 0 spiro atoms. The number of nitrogens with zero attached hydrogens (tertiary/aromatic N) is 4. The van der Waals surface area contributed by atoms with E-state index in [2.05, 4.69) is 25.5 Å². The number of ether oxygens (including phenoxy) is 2. The van der Waals surface area contributed by atoms with E-state index in [1.807, 2.05) is 6.92 Å². The first-order valence-electron chi connectivity index (χ1n) is 10.1. The minimum Gasteiger partial charge on any atom is -0.496 e. The number of hydrogen-bond donors (Lipinski definition) is 2. The topological polar surface area (TPSA) is 119 Å². The highest BCUT2D eigenvalue weighted by Gasteiger charge is 2.19. The summed E-state index contributed by atoms with van der Waals surface area (Å²) in [5.41, 5.74) is 3.71. The predicted octanol–water partition coefficient (Wildman–Crippen LogP) is 4.29. The number of aryl methyl sites for hydroxylation is 1. The number of aromatic nitrogens is 4. The van der Waals surface area contributed by atoms with Crippen molar-refractivity contribution in [3.05, 3.63) is 76.3 Å². The summed E-state index contributed by atoms with van der Waals surface area (Å²) in [7, 11) is 1.55. The van der Waals surface area contributed by atoms with Gasteiger partial charge in [0.05, 0.1) is 30.0 Å². The van der Waals surface area contributed by atoms with E-state index in [0.29, 0.717) is 38.7 Å². The van der Waals surface area contributed by atoms with Crippen molar-refractivity contribution in [3.8, 4) is 22.1 Å². The summed E-state index contributed by atoms with van der Waals surface area (Å²) in [5, 5.41) is 21.3. The van der Waals surface area contributed by atoms with Gasteiger partial charge in [-0.3, -0.25) is 20.1 Å². The van der Waals surface area contributed by atoms with Crippen LogP contribution in [0.4, 0.5) is 5.13 Å². The molecule has 2 N–H and O–H groups in total. The van der Waals surface area contributed by atoms with Gasteiger partial charge in [0.2, 0.25) is 5.13 Å². The SMILES string of the molecule is COc1ccc(CO)cc1-c1cc(C)ncc1C(=O)Nc1nnc(OCc2ccc(Cl)cn2)s1. The number of amides is 1. The Labute approximate surface area is 204 Å². The lowest BCUT2D eigenvalue weighted by Crippen LogP contribution is -2.14. The van der Waals surface area contributed by atoms with Crippen molar-refractivity contribution in [2.75, 3.05) is 12.4 Å². The lowest BCUT2D eigenvalue weighted by atomic mass is 9.97. The maximum Gasteiger partial charge on any atom is 0.296 e. The number of aliphatic hydroxyl groups is 1. The van der Waals surface area contributed by atoms with Crippen LogP contribution in [0.5, 0.6) is 10.9 Å². The number of aliphatic hydroxyl groups excluding tert-OH is 1. The summed E-state index contributed by atoms with van der Waals surface area (Å²) < 4.78 is 11.1.